The number of hydrogen-bond acceptors (Lipinski definition) is 2. The molecule has 2 aromatic rings. The molecule has 3 heteroatoms. The van der Waals surface area contributed by atoms with Crippen molar-refractivity contribution in [1.82, 2.24) is 0 Å². The van der Waals surface area contributed by atoms with Gasteiger partial charge >= 0.3 is 0 Å². The zero-order chi connectivity index (χ0) is 13.3. The molecule has 2 aromatic carbocycles. The van der Waals surface area contributed by atoms with E-state index in [4.69, 9.17) is 11.1 Å². The van der Waals surface area contributed by atoms with Crippen LogP contribution in [0, 0.1) is 19.3 Å². The van der Waals surface area contributed by atoms with Gasteiger partial charge in [0.05, 0.1) is 5.71 Å². The van der Waals surface area contributed by atoms with Crippen molar-refractivity contribution in [3.05, 3.63) is 58.7 Å². The zero-order valence-electron chi connectivity index (χ0n) is 10.6. The number of anilines is 1. The van der Waals surface area contributed by atoms with Crippen LogP contribution in [0.15, 0.2) is 36.4 Å². The van der Waals surface area contributed by atoms with Crippen molar-refractivity contribution < 1.29 is 0 Å². The Bertz CT molecular complexity index is 618. The van der Waals surface area contributed by atoms with Gasteiger partial charge in [-0.1, -0.05) is 29.8 Å². The van der Waals surface area contributed by atoms with E-state index in [2.05, 4.69) is 9.24 Å². The van der Waals surface area contributed by atoms with Crippen LogP contribution < -0.4 is 11.0 Å². The van der Waals surface area contributed by atoms with E-state index in [0.29, 0.717) is 11.4 Å². The van der Waals surface area contributed by atoms with Crippen LogP contribution in [0.4, 0.5) is 5.69 Å². The van der Waals surface area contributed by atoms with E-state index in [9.17, 15) is 0 Å². The van der Waals surface area contributed by atoms with Crippen LogP contribution in [0.5, 0.6) is 0 Å². The van der Waals surface area contributed by atoms with Crippen LogP contribution in [-0.2, 0) is 0 Å². The van der Waals surface area contributed by atoms with Gasteiger partial charge in [-0.3, -0.25) is 5.41 Å². The van der Waals surface area contributed by atoms with Gasteiger partial charge in [0.2, 0.25) is 0 Å². The molecule has 0 bridgehead atoms. The molecular formula is C15H17N2P. The van der Waals surface area contributed by atoms with Gasteiger partial charge in [0.15, 0.2) is 0 Å². The molecule has 1 atom stereocenters. The van der Waals surface area contributed by atoms with Crippen molar-refractivity contribution >= 4 is 25.9 Å². The van der Waals surface area contributed by atoms with Crippen LogP contribution in [0.25, 0.3) is 0 Å². The van der Waals surface area contributed by atoms with Crippen molar-refractivity contribution in [2.24, 2.45) is 0 Å². The van der Waals surface area contributed by atoms with Crippen molar-refractivity contribution in [3.63, 3.8) is 0 Å². The largest absolute Gasteiger partial charge is 0.398 e. The van der Waals surface area contributed by atoms with E-state index < -0.39 is 0 Å². The molecule has 0 heterocycles. The lowest BCUT2D eigenvalue weighted by atomic mass is 9.96. The second kappa shape index (κ2) is 4.91. The molecule has 2 nitrogen and oxygen atoms in total. The highest BCUT2D eigenvalue weighted by molar-refractivity contribution is 7.27. The Morgan fingerprint density at radius 2 is 1.89 bits per heavy atom. The molecule has 3 N–H and O–H groups in total. The molecule has 92 valence electrons. The Labute approximate surface area is 110 Å². The van der Waals surface area contributed by atoms with Crippen LogP contribution in [0.3, 0.4) is 0 Å². The minimum atomic E-state index is 0.476. The molecule has 1 unspecified atom stereocenters. The Morgan fingerprint density at radius 1 is 1.17 bits per heavy atom. The predicted molar refractivity (Wildman–Crippen MR) is 82.0 cm³/mol. The van der Waals surface area contributed by atoms with Crippen LogP contribution >= 0.6 is 9.24 Å². The number of rotatable bonds is 2. The third-order valence-corrected chi connectivity index (χ3v) is 3.33. The third kappa shape index (κ3) is 2.44. The molecule has 0 saturated carbocycles. The summed E-state index contributed by atoms with van der Waals surface area (Å²) in [7, 11) is 2.65. The van der Waals surface area contributed by atoms with Crippen molar-refractivity contribution in [2.75, 3.05) is 5.73 Å². The minimum absolute atomic E-state index is 0.476. The van der Waals surface area contributed by atoms with Crippen molar-refractivity contribution in [2.45, 2.75) is 13.8 Å². The highest BCUT2D eigenvalue weighted by Gasteiger charge is 2.11. The average molecular weight is 256 g/mol. The summed E-state index contributed by atoms with van der Waals surface area (Å²) in [4.78, 5) is 0. The summed E-state index contributed by atoms with van der Waals surface area (Å²) in [5.74, 6) is 0. The molecular weight excluding hydrogens is 239 g/mol. The smallest absolute Gasteiger partial charge is 0.0705 e. The second-order valence-electron chi connectivity index (χ2n) is 4.54. The first-order valence-electron chi connectivity index (χ1n) is 5.80. The maximum Gasteiger partial charge on any atom is 0.0705 e. The molecule has 18 heavy (non-hydrogen) atoms. The lowest BCUT2D eigenvalue weighted by molar-refractivity contribution is 1.36. The Balaban J connectivity index is 2.53. The summed E-state index contributed by atoms with van der Waals surface area (Å²) >= 11 is 0. The quantitative estimate of drug-likeness (QED) is 0.484. The molecule has 0 aromatic heterocycles. The Morgan fingerprint density at radius 3 is 2.56 bits per heavy atom. The highest BCUT2D eigenvalue weighted by atomic mass is 31.0. The summed E-state index contributed by atoms with van der Waals surface area (Å²) in [6.45, 7) is 4.00. The van der Waals surface area contributed by atoms with Crippen LogP contribution in [0.1, 0.15) is 22.3 Å². The van der Waals surface area contributed by atoms with Crippen molar-refractivity contribution in [1.29, 1.82) is 5.41 Å². The molecule has 2 rings (SSSR count). The Kier molecular flexibility index (Phi) is 3.49. The topological polar surface area (TPSA) is 49.9 Å². The first-order valence-corrected chi connectivity index (χ1v) is 6.38. The maximum absolute atomic E-state index is 8.31. The van der Waals surface area contributed by atoms with Gasteiger partial charge in [-0.25, -0.2) is 0 Å². The van der Waals surface area contributed by atoms with Gasteiger partial charge < -0.3 is 5.73 Å². The average Bonchev–Trinajstić information content (AvgIpc) is 2.33. The second-order valence-corrected chi connectivity index (χ2v) is 5.21. The lowest BCUT2D eigenvalue weighted by Gasteiger charge is -2.12. The summed E-state index contributed by atoms with van der Waals surface area (Å²) in [5.41, 5.74) is 11.1. The summed E-state index contributed by atoms with van der Waals surface area (Å²) in [5, 5.41) is 9.38. The van der Waals surface area contributed by atoms with Crippen LogP contribution in [-0.4, -0.2) is 5.71 Å². The van der Waals surface area contributed by atoms with Gasteiger partial charge in [0, 0.05) is 16.8 Å². The normalized spacial score (nSPS) is 10.4. The molecule has 0 fully saturated rings. The summed E-state index contributed by atoms with van der Waals surface area (Å²) < 4.78 is 0. The van der Waals surface area contributed by atoms with Gasteiger partial charge in [-0.15, -0.1) is 9.24 Å². The molecule has 0 aliphatic rings. The number of nitrogens with one attached hydrogen (secondary N) is 1. The summed E-state index contributed by atoms with van der Waals surface area (Å²) in [6, 6.07) is 11.9. The first-order chi connectivity index (χ1) is 8.49. The standard InChI is InChI=1S/C15H17N2P/c1-9-6-10(2)14(16)13(7-9)15(17)11-4-3-5-12(18)8-11/h3-8,17H,16,18H2,1-2H3. The SMILES string of the molecule is Cc1cc(C)c(N)c(C(=N)c2cccc(P)c2)c1. The van der Waals surface area contributed by atoms with E-state index in [1.165, 1.54) is 0 Å². The van der Waals surface area contributed by atoms with Crippen molar-refractivity contribution in [3.8, 4) is 0 Å². The molecule has 0 aliphatic heterocycles. The molecule has 0 amide bonds. The number of benzene rings is 2. The van der Waals surface area contributed by atoms with Gasteiger partial charge in [-0.05, 0) is 36.8 Å². The van der Waals surface area contributed by atoms with E-state index in [1.807, 2.05) is 50.2 Å². The predicted octanol–water partition coefficient (Wildman–Crippen LogP) is 2.80. The summed E-state index contributed by atoms with van der Waals surface area (Å²) in [6.07, 6.45) is 0. The minimum Gasteiger partial charge on any atom is -0.398 e. The fourth-order valence-electron chi connectivity index (χ4n) is 2.04. The molecule has 0 radical (unpaired) electrons. The third-order valence-electron chi connectivity index (χ3n) is 2.98. The number of aryl methyl sites for hydroxylation is 2. The van der Waals surface area contributed by atoms with E-state index in [1.54, 1.807) is 0 Å². The fourth-order valence-corrected chi connectivity index (χ4v) is 2.33. The first kappa shape index (κ1) is 12.8. The number of nitrogen functional groups attached to an aromatic ring is 1. The monoisotopic (exact) mass is 256 g/mol. The lowest BCUT2D eigenvalue weighted by Crippen LogP contribution is -2.09. The van der Waals surface area contributed by atoms with Crippen LogP contribution in [0.2, 0.25) is 0 Å². The van der Waals surface area contributed by atoms with Gasteiger partial charge in [0.25, 0.3) is 0 Å². The zero-order valence-corrected chi connectivity index (χ0v) is 11.8. The highest BCUT2D eigenvalue weighted by Crippen LogP contribution is 2.22. The molecule has 0 spiro atoms. The number of hydrogen-bond donors (Lipinski definition) is 2. The molecule has 0 aliphatic carbocycles. The maximum atomic E-state index is 8.31. The van der Waals surface area contributed by atoms with E-state index in [0.717, 1.165) is 27.6 Å². The fraction of sp³-hybridized carbons (Fsp3) is 0.133. The van der Waals surface area contributed by atoms with E-state index in [-0.39, 0.29) is 0 Å². The number of nitrogens with two attached hydrogens (primary N) is 1. The van der Waals surface area contributed by atoms with E-state index >= 15 is 0 Å². The Hall–Kier alpha value is -1.66. The molecule has 0 saturated heterocycles. The van der Waals surface area contributed by atoms with Gasteiger partial charge in [-0.2, -0.15) is 0 Å². The van der Waals surface area contributed by atoms with Gasteiger partial charge in [0.1, 0.15) is 0 Å².